The van der Waals surface area contributed by atoms with Crippen LogP contribution in [0.4, 0.5) is 0 Å². The van der Waals surface area contributed by atoms with Gasteiger partial charge in [-0.2, -0.15) is 0 Å². The molecule has 1 nitrogen and oxygen atoms in total. The van der Waals surface area contributed by atoms with Crippen LogP contribution in [0.2, 0.25) is 0 Å². The molecule has 1 atom stereocenters. The van der Waals surface area contributed by atoms with E-state index >= 15 is 0 Å². The Kier molecular flexibility index (Phi) is 5.46. The van der Waals surface area contributed by atoms with Gasteiger partial charge >= 0.3 is 0 Å². The lowest BCUT2D eigenvalue weighted by Crippen LogP contribution is -2.15. The van der Waals surface area contributed by atoms with Crippen molar-refractivity contribution in [3.63, 3.8) is 0 Å². The number of fused-ring (bicyclic) bond motifs is 9. The molecular formula is C46H33N. The fourth-order valence-corrected chi connectivity index (χ4v) is 8.81. The minimum Gasteiger partial charge on any atom is -0.309 e. The largest absolute Gasteiger partial charge is 0.309 e. The van der Waals surface area contributed by atoms with Crippen LogP contribution >= 0.6 is 0 Å². The van der Waals surface area contributed by atoms with Crippen molar-refractivity contribution in [1.82, 2.24) is 4.57 Å². The van der Waals surface area contributed by atoms with Gasteiger partial charge in [-0.15, -0.1) is 0 Å². The highest BCUT2D eigenvalue weighted by Gasteiger charge is 2.39. The average Bonchev–Trinajstić information content (AvgIpc) is 3.71. The van der Waals surface area contributed by atoms with Crippen LogP contribution in [0.15, 0.2) is 158 Å². The van der Waals surface area contributed by atoms with Crippen molar-refractivity contribution >= 4 is 21.8 Å². The molecule has 0 saturated carbocycles. The Hall–Kier alpha value is -5.66. The van der Waals surface area contributed by atoms with Crippen LogP contribution in [-0.4, -0.2) is 4.57 Å². The molecule has 0 bridgehead atoms. The third kappa shape index (κ3) is 3.60. The average molecular weight is 600 g/mol. The van der Waals surface area contributed by atoms with Crippen molar-refractivity contribution in [3.8, 4) is 39.1 Å². The van der Waals surface area contributed by atoms with Crippen LogP contribution in [0.5, 0.6) is 0 Å². The fourth-order valence-electron chi connectivity index (χ4n) is 8.81. The van der Waals surface area contributed by atoms with E-state index in [2.05, 4.69) is 176 Å². The molecule has 1 heteroatoms. The second-order valence-electron chi connectivity index (χ2n) is 13.6. The summed E-state index contributed by atoms with van der Waals surface area (Å²) in [5, 5.41) is 2.56. The van der Waals surface area contributed by atoms with Gasteiger partial charge < -0.3 is 4.57 Å². The van der Waals surface area contributed by atoms with Gasteiger partial charge in [-0.1, -0.05) is 141 Å². The molecule has 1 heterocycles. The van der Waals surface area contributed by atoms with E-state index in [4.69, 9.17) is 0 Å². The van der Waals surface area contributed by atoms with Gasteiger partial charge in [-0.25, -0.2) is 0 Å². The maximum Gasteiger partial charge on any atom is 0.0541 e. The molecule has 7 aromatic carbocycles. The zero-order chi connectivity index (χ0) is 31.3. The molecule has 0 radical (unpaired) electrons. The van der Waals surface area contributed by atoms with Gasteiger partial charge in [0.25, 0.3) is 0 Å². The smallest absolute Gasteiger partial charge is 0.0541 e. The maximum atomic E-state index is 2.53. The Morgan fingerprint density at radius 3 is 1.60 bits per heavy atom. The molecule has 0 aliphatic heterocycles. The first-order chi connectivity index (χ1) is 23.1. The van der Waals surface area contributed by atoms with E-state index in [9.17, 15) is 0 Å². The first-order valence-corrected chi connectivity index (χ1v) is 16.7. The van der Waals surface area contributed by atoms with Gasteiger partial charge in [0.2, 0.25) is 0 Å². The number of benzene rings is 7. The molecule has 2 aliphatic carbocycles. The molecule has 222 valence electrons. The van der Waals surface area contributed by atoms with Crippen LogP contribution in [0.3, 0.4) is 0 Å². The van der Waals surface area contributed by atoms with Crippen molar-refractivity contribution < 1.29 is 0 Å². The molecule has 0 saturated heterocycles. The Labute approximate surface area is 275 Å². The third-order valence-corrected chi connectivity index (χ3v) is 10.9. The van der Waals surface area contributed by atoms with Crippen molar-refractivity contribution in [2.45, 2.75) is 25.2 Å². The molecule has 1 aromatic heterocycles. The zero-order valence-electron chi connectivity index (χ0n) is 26.5. The summed E-state index contributed by atoms with van der Waals surface area (Å²) in [7, 11) is 0. The van der Waals surface area contributed by atoms with Crippen molar-refractivity contribution in [2.24, 2.45) is 0 Å². The Balaban J connectivity index is 1.23. The summed E-state index contributed by atoms with van der Waals surface area (Å²) in [5.41, 5.74) is 18.6. The highest BCUT2D eigenvalue weighted by atomic mass is 15.0. The lowest BCUT2D eigenvalue weighted by Gasteiger charge is -2.23. The summed E-state index contributed by atoms with van der Waals surface area (Å²) >= 11 is 0. The predicted molar refractivity (Wildman–Crippen MR) is 197 cm³/mol. The summed E-state index contributed by atoms with van der Waals surface area (Å²) in [5.74, 6) is 0.129. The normalized spacial score (nSPS) is 15.4. The molecular weight excluding hydrogens is 567 g/mol. The van der Waals surface area contributed by atoms with E-state index < -0.39 is 0 Å². The molecule has 0 N–H and O–H groups in total. The minimum atomic E-state index is -0.0346. The molecule has 1 unspecified atom stereocenters. The number of hydrogen-bond donors (Lipinski definition) is 0. The van der Waals surface area contributed by atoms with Crippen LogP contribution in [-0.2, 0) is 5.41 Å². The van der Waals surface area contributed by atoms with E-state index in [1.807, 2.05) is 0 Å². The van der Waals surface area contributed by atoms with Gasteiger partial charge in [0, 0.05) is 27.7 Å². The van der Waals surface area contributed by atoms with E-state index in [-0.39, 0.29) is 11.3 Å². The molecule has 0 spiro atoms. The zero-order valence-corrected chi connectivity index (χ0v) is 26.5. The number of rotatable bonds is 3. The first kappa shape index (κ1) is 26.5. The molecule has 47 heavy (non-hydrogen) atoms. The fraction of sp³-hybridized carbons (Fsp3) is 0.0870. The maximum absolute atomic E-state index is 2.53. The van der Waals surface area contributed by atoms with Crippen LogP contribution in [0, 0.1) is 0 Å². The summed E-state index contributed by atoms with van der Waals surface area (Å²) in [6, 6.07) is 58.7. The van der Waals surface area contributed by atoms with E-state index in [1.54, 1.807) is 0 Å². The summed E-state index contributed by atoms with van der Waals surface area (Å²) < 4.78 is 2.46. The molecule has 0 amide bonds. The predicted octanol–water partition coefficient (Wildman–Crippen LogP) is 11.9. The summed E-state index contributed by atoms with van der Waals surface area (Å²) in [4.78, 5) is 0. The van der Waals surface area contributed by atoms with Crippen LogP contribution < -0.4 is 0 Å². The molecule has 2 aliphatic rings. The van der Waals surface area contributed by atoms with Gasteiger partial charge in [0.15, 0.2) is 0 Å². The van der Waals surface area contributed by atoms with E-state index in [0.717, 1.165) is 0 Å². The van der Waals surface area contributed by atoms with Gasteiger partial charge in [-0.3, -0.25) is 0 Å². The topological polar surface area (TPSA) is 4.93 Å². The van der Waals surface area contributed by atoms with E-state index in [1.165, 1.54) is 88.7 Å². The number of nitrogens with zero attached hydrogens (tertiary/aromatic N) is 1. The Bertz CT molecular complexity index is 2510. The van der Waals surface area contributed by atoms with Gasteiger partial charge in [-0.05, 0) is 86.0 Å². The van der Waals surface area contributed by atoms with Crippen LogP contribution in [0.25, 0.3) is 60.9 Å². The number of para-hydroxylation sites is 3. The van der Waals surface area contributed by atoms with Crippen molar-refractivity contribution in [1.29, 1.82) is 0 Å². The first-order valence-electron chi connectivity index (χ1n) is 16.7. The highest BCUT2D eigenvalue weighted by Crippen LogP contribution is 2.56. The Morgan fingerprint density at radius 2 is 0.915 bits per heavy atom. The van der Waals surface area contributed by atoms with Gasteiger partial charge in [0.1, 0.15) is 0 Å². The third-order valence-electron chi connectivity index (χ3n) is 10.9. The Morgan fingerprint density at radius 1 is 0.404 bits per heavy atom. The number of aromatic nitrogens is 1. The molecule has 0 fully saturated rings. The molecule has 10 rings (SSSR count). The van der Waals surface area contributed by atoms with E-state index in [0.29, 0.717) is 0 Å². The highest BCUT2D eigenvalue weighted by molar-refractivity contribution is 6.09. The summed E-state index contributed by atoms with van der Waals surface area (Å²) in [6.45, 7) is 4.76. The second kappa shape index (κ2) is 9.67. The second-order valence-corrected chi connectivity index (χ2v) is 13.6. The number of hydrogen-bond acceptors (Lipinski definition) is 0. The quantitative estimate of drug-likeness (QED) is 0.190. The monoisotopic (exact) mass is 599 g/mol. The lowest BCUT2D eigenvalue weighted by atomic mass is 9.80. The van der Waals surface area contributed by atoms with Gasteiger partial charge in [0.05, 0.1) is 16.7 Å². The minimum absolute atomic E-state index is 0.0346. The molecule has 8 aromatic rings. The summed E-state index contributed by atoms with van der Waals surface area (Å²) in [6.07, 6.45) is 0. The lowest BCUT2D eigenvalue weighted by molar-refractivity contribution is 0.660. The van der Waals surface area contributed by atoms with Crippen molar-refractivity contribution in [2.75, 3.05) is 0 Å². The SMILES string of the molecule is CC1(C)c2ccccc2-c2cc3c(cc21)-c1ccccc1C3c1ccccc1-c1ccccc1-n1c2ccccc2c2ccccc21. The van der Waals surface area contributed by atoms with Crippen LogP contribution in [0.1, 0.15) is 47.6 Å². The van der Waals surface area contributed by atoms with Crippen molar-refractivity contribution in [3.05, 3.63) is 186 Å². The standard InChI is InChI=1S/C46H33N/c1-46(2)40-23-11-7-17-31(40)38-27-39-37(28-41(38)46)30-16-4-6-22-36(30)45(39)35-21-5-3-15-29(35)32-18-8-12-24-42(32)47-43-25-13-9-19-33(43)34-20-10-14-26-44(34)47/h3-28,45H,1-2H3.